The number of hydrogen-bond donors (Lipinski definition) is 1. The van der Waals surface area contributed by atoms with Gasteiger partial charge in [-0.25, -0.2) is 0 Å². The summed E-state index contributed by atoms with van der Waals surface area (Å²) in [4.78, 5) is 2.38. The predicted octanol–water partition coefficient (Wildman–Crippen LogP) is 1.57. The molecule has 0 aromatic carbocycles. The summed E-state index contributed by atoms with van der Waals surface area (Å²) in [5, 5.41) is 11.3. The molecule has 0 saturated heterocycles. The Kier molecular flexibility index (Phi) is 7.42. The molecule has 0 fully saturated rings. The van der Waals surface area contributed by atoms with Crippen molar-refractivity contribution in [1.82, 2.24) is 10.2 Å². The Labute approximate surface area is 81.7 Å². The van der Waals surface area contributed by atoms with Crippen LogP contribution in [0.15, 0.2) is 0 Å². The molecule has 0 radical (unpaired) electrons. The van der Waals surface area contributed by atoms with Crippen LogP contribution in [0.4, 0.5) is 0 Å². The maximum atomic E-state index is 8.47. The van der Waals surface area contributed by atoms with Gasteiger partial charge in [0.1, 0.15) is 0 Å². The highest BCUT2D eigenvalue weighted by atomic mass is 15.1. The Morgan fingerprint density at radius 1 is 1.31 bits per heavy atom. The fourth-order valence-electron chi connectivity index (χ4n) is 1.35. The Balaban J connectivity index is 3.64. The van der Waals surface area contributed by atoms with Gasteiger partial charge in [-0.1, -0.05) is 20.8 Å². The number of hydrogen-bond acceptors (Lipinski definition) is 3. The lowest BCUT2D eigenvalue weighted by Crippen LogP contribution is -2.31. The lowest BCUT2D eigenvalue weighted by atomic mass is 10.1. The summed E-state index contributed by atoms with van der Waals surface area (Å²) in [6.45, 7) is 9.72. The summed E-state index contributed by atoms with van der Waals surface area (Å²) < 4.78 is 0. The van der Waals surface area contributed by atoms with Gasteiger partial charge in [0.05, 0.1) is 0 Å². The van der Waals surface area contributed by atoms with Crippen molar-refractivity contribution in [2.24, 2.45) is 0 Å². The van der Waals surface area contributed by atoms with Crippen molar-refractivity contribution in [3.8, 4) is 6.19 Å². The Morgan fingerprint density at radius 2 is 1.92 bits per heavy atom. The van der Waals surface area contributed by atoms with Gasteiger partial charge in [-0.05, 0) is 25.9 Å². The second kappa shape index (κ2) is 7.88. The normalized spacial score (nSPS) is 12.5. The van der Waals surface area contributed by atoms with E-state index in [1.807, 2.05) is 6.19 Å². The van der Waals surface area contributed by atoms with E-state index < -0.39 is 0 Å². The molecule has 76 valence electrons. The molecular weight excluding hydrogens is 162 g/mol. The van der Waals surface area contributed by atoms with Gasteiger partial charge < -0.3 is 10.2 Å². The molecule has 1 atom stereocenters. The minimum atomic E-state index is 0.352. The summed E-state index contributed by atoms with van der Waals surface area (Å²) in [6, 6.07) is 0.352. The van der Waals surface area contributed by atoms with Crippen LogP contribution in [0.2, 0.25) is 0 Å². The van der Waals surface area contributed by atoms with Gasteiger partial charge in [-0.2, -0.15) is 5.26 Å². The van der Waals surface area contributed by atoms with Crippen LogP contribution in [0.5, 0.6) is 0 Å². The Bertz CT molecular complexity index is 147. The van der Waals surface area contributed by atoms with Gasteiger partial charge in [0.2, 0.25) is 0 Å². The molecule has 0 aromatic rings. The van der Waals surface area contributed by atoms with Crippen LogP contribution in [0, 0.1) is 11.5 Å². The van der Waals surface area contributed by atoms with Crippen molar-refractivity contribution in [2.45, 2.75) is 39.7 Å². The van der Waals surface area contributed by atoms with E-state index in [1.165, 1.54) is 0 Å². The summed E-state index contributed by atoms with van der Waals surface area (Å²) in [5.41, 5.74) is 0. The first-order valence-electron chi connectivity index (χ1n) is 5.15. The molecule has 0 spiro atoms. The zero-order valence-corrected chi connectivity index (χ0v) is 9.01. The van der Waals surface area contributed by atoms with E-state index in [2.05, 4.69) is 31.0 Å². The second-order valence-electron chi connectivity index (χ2n) is 3.18. The van der Waals surface area contributed by atoms with Gasteiger partial charge in [-0.3, -0.25) is 0 Å². The molecule has 0 bridgehead atoms. The molecule has 0 rings (SSSR count). The largest absolute Gasteiger partial charge is 0.321 e. The van der Waals surface area contributed by atoms with Crippen molar-refractivity contribution >= 4 is 0 Å². The fraction of sp³-hybridized carbons (Fsp3) is 0.900. The number of nitriles is 1. The van der Waals surface area contributed by atoms with Crippen LogP contribution < -0.4 is 5.32 Å². The van der Waals surface area contributed by atoms with Gasteiger partial charge in [0.15, 0.2) is 6.19 Å². The van der Waals surface area contributed by atoms with Crippen molar-refractivity contribution in [2.75, 3.05) is 19.6 Å². The quantitative estimate of drug-likeness (QED) is 0.481. The molecule has 3 heteroatoms. The molecule has 0 aliphatic carbocycles. The average Bonchev–Trinajstić information content (AvgIpc) is 2.17. The van der Waals surface area contributed by atoms with Gasteiger partial charge >= 0.3 is 0 Å². The van der Waals surface area contributed by atoms with Crippen molar-refractivity contribution in [1.29, 1.82) is 5.26 Å². The minimum absolute atomic E-state index is 0.352. The third-order valence-electron chi connectivity index (χ3n) is 2.45. The highest BCUT2D eigenvalue weighted by Crippen LogP contribution is 1.99. The number of nitrogens with zero attached hydrogens (tertiary/aromatic N) is 2. The van der Waals surface area contributed by atoms with E-state index in [-0.39, 0.29) is 0 Å². The zero-order valence-electron chi connectivity index (χ0n) is 9.01. The van der Waals surface area contributed by atoms with Crippen LogP contribution in [-0.2, 0) is 0 Å². The fourth-order valence-corrected chi connectivity index (χ4v) is 1.35. The lowest BCUT2D eigenvalue weighted by molar-refractivity contribution is 0.284. The van der Waals surface area contributed by atoms with Crippen LogP contribution in [0.1, 0.15) is 33.6 Å². The molecular formula is C10H21N3. The van der Waals surface area contributed by atoms with E-state index in [4.69, 9.17) is 5.26 Å². The Morgan fingerprint density at radius 3 is 2.31 bits per heavy atom. The predicted molar refractivity (Wildman–Crippen MR) is 55.2 cm³/mol. The van der Waals surface area contributed by atoms with Crippen LogP contribution >= 0.6 is 0 Å². The van der Waals surface area contributed by atoms with E-state index in [0.717, 1.165) is 32.5 Å². The van der Waals surface area contributed by atoms with E-state index in [1.54, 1.807) is 0 Å². The third-order valence-corrected chi connectivity index (χ3v) is 2.45. The molecule has 13 heavy (non-hydrogen) atoms. The summed E-state index contributed by atoms with van der Waals surface area (Å²) in [5.74, 6) is 0. The summed E-state index contributed by atoms with van der Waals surface area (Å²) >= 11 is 0. The topological polar surface area (TPSA) is 39.1 Å². The zero-order chi connectivity index (χ0) is 10.1. The molecule has 1 N–H and O–H groups in total. The monoisotopic (exact) mass is 183 g/mol. The van der Waals surface area contributed by atoms with Crippen molar-refractivity contribution < 1.29 is 0 Å². The smallest absolute Gasteiger partial charge is 0.176 e. The highest BCUT2D eigenvalue weighted by Gasteiger charge is 2.06. The molecule has 0 aliphatic heterocycles. The molecule has 1 unspecified atom stereocenters. The summed E-state index contributed by atoms with van der Waals surface area (Å²) in [6.07, 6.45) is 4.09. The van der Waals surface area contributed by atoms with Crippen LogP contribution in [-0.4, -0.2) is 30.6 Å². The number of nitrogens with one attached hydrogen (secondary N) is 1. The molecule has 0 amide bonds. The van der Waals surface area contributed by atoms with Gasteiger partial charge in [0.25, 0.3) is 0 Å². The lowest BCUT2D eigenvalue weighted by Gasteiger charge is -2.20. The SMILES string of the molecule is CCC(CCN(CC)CC)NC#N. The van der Waals surface area contributed by atoms with E-state index in [0.29, 0.717) is 6.04 Å². The maximum absolute atomic E-state index is 8.47. The molecule has 0 aliphatic rings. The standard InChI is InChI=1S/C10H21N3/c1-4-10(12-9-11)7-8-13(5-2)6-3/h10,12H,4-8H2,1-3H3. The highest BCUT2D eigenvalue weighted by molar-refractivity contribution is 4.75. The average molecular weight is 183 g/mol. The van der Waals surface area contributed by atoms with E-state index in [9.17, 15) is 0 Å². The molecule has 0 aromatic heterocycles. The van der Waals surface area contributed by atoms with Gasteiger partial charge in [-0.15, -0.1) is 0 Å². The first-order chi connectivity index (χ1) is 6.28. The van der Waals surface area contributed by atoms with Crippen molar-refractivity contribution in [3.05, 3.63) is 0 Å². The van der Waals surface area contributed by atoms with Gasteiger partial charge in [0, 0.05) is 12.6 Å². The third kappa shape index (κ3) is 5.48. The van der Waals surface area contributed by atoms with Crippen LogP contribution in [0.3, 0.4) is 0 Å². The second-order valence-corrected chi connectivity index (χ2v) is 3.18. The van der Waals surface area contributed by atoms with Crippen LogP contribution in [0.25, 0.3) is 0 Å². The first kappa shape index (κ1) is 12.2. The molecule has 3 nitrogen and oxygen atoms in total. The maximum Gasteiger partial charge on any atom is 0.176 e. The van der Waals surface area contributed by atoms with E-state index >= 15 is 0 Å². The minimum Gasteiger partial charge on any atom is -0.321 e. The first-order valence-corrected chi connectivity index (χ1v) is 5.15. The summed E-state index contributed by atoms with van der Waals surface area (Å²) in [7, 11) is 0. The Hall–Kier alpha value is -0.750. The molecule has 0 saturated carbocycles. The van der Waals surface area contributed by atoms with Crippen molar-refractivity contribution in [3.63, 3.8) is 0 Å². The number of rotatable bonds is 7. The molecule has 0 heterocycles.